The van der Waals surface area contributed by atoms with E-state index in [1.807, 2.05) is 13.8 Å². The van der Waals surface area contributed by atoms with Gasteiger partial charge < -0.3 is 10.2 Å². The van der Waals surface area contributed by atoms with Crippen LogP contribution in [-0.4, -0.2) is 41.1 Å². The highest BCUT2D eigenvalue weighted by molar-refractivity contribution is 5.92. The Hall–Kier alpha value is -1.65. The van der Waals surface area contributed by atoms with Gasteiger partial charge in [-0.2, -0.15) is 0 Å². The summed E-state index contributed by atoms with van der Waals surface area (Å²) >= 11 is 0. The normalized spacial score (nSPS) is 10.2. The molecule has 1 aromatic rings. The molecule has 5 nitrogen and oxygen atoms in total. The van der Waals surface area contributed by atoms with E-state index < -0.39 is 0 Å². The molecule has 1 aromatic heterocycles. The number of nitrogens with one attached hydrogen (secondary N) is 1. The zero-order valence-electron chi connectivity index (χ0n) is 9.48. The minimum atomic E-state index is -0.111. The maximum atomic E-state index is 11.8. The van der Waals surface area contributed by atoms with Crippen LogP contribution in [-0.2, 0) is 0 Å². The zero-order chi connectivity index (χ0) is 11.4. The predicted molar refractivity (Wildman–Crippen MR) is 58.8 cm³/mol. The third-order valence-electron chi connectivity index (χ3n) is 2.23. The summed E-state index contributed by atoms with van der Waals surface area (Å²) in [5, 5.41) is 10.5. The van der Waals surface area contributed by atoms with E-state index in [1.54, 1.807) is 31.1 Å². The summed E-state index contributed by atoms with van der Waals surface area (Å²) in [7, 11) is 3.51. The molecule has 0 bridgehead atoms. The summed E-state index contributed by atoms with van der Waals surface area (Å²) in [5.74, 6) is 0.541. The molecule has 1 rings (SSSR count). The van der Waals surface area contributed by atoms with Crippen LogP contribution in [0.2, 0.25) is 0 Å². The molecule has 0 aliphatic rings. The minimum Gasteiger partial charge on any atom is -0.372 e. The molecule has 15 heavy (non-hydrogen) atoms. The highest BCUT2D eigenvalue weighted by Crippen LogP contribution is 2.05. The van der Waals surface area contributed by atoms with Crippen molar-refractivity contribution in [3.05, 3.63) is 17.8 Å². The summed E-state index contributed by atoms with van der Waals surface area (Å²) in [6.07, 6.45) is 0. The highest BCUT2D eigenvalue weighted by Gasteiger charge is 2.15. The molecule has 0 radical (unpaired) electrons. The van der Waals surface area contributed by atoms with E-state index in [0.717, 1.165) is 0 Å². The Morgan fingerprint density at radius 2 is 2.07 bits per heavy atom. The zero-order valence-corrected chi connectivity index (χ0v) is 9.48. The quantitative estimate of drug-likeness (QED) is 0.805. The number of carbonyl (C=O) groups excluding carboxylic acids is 1. The molecule has 0 saturated carbocycles. The first-order valence-corrected chi connectivity index (χ1v) is 4.85. The molecule has 0 aliphatic carbocycles. The Morgan fingerprint density at radius 3 is 2.47 bits per heavy atom. The summed E-state index contributed by atoms with van der Waals surface area (Å²) in [4.78, 5) is 13.4. The van der Waals surface area contributed by atoms with Crippen molar-refractivity contribution in [2.75, 3.05) is 19.4 Å². The third-order valence-corrected chi connectivity index (χ3v) is 2.23. The van der Waals surface area contributed by atoms with Crippen molar-refractivity contribution in [1.82, 2.24) is 15.1 Å². The highest BCUT2D eigenvalue weighted by atomic mass is 16.2. The van der Waals surface area contributed by atoms with Crippen molar-refractivity contribution in [2.45, 2.75) is 19.9 Å². The van der Waals surface area contributed by atoms with Gasteiger partial charge in [-0.1, -0.05) is 0 Å². The number of aromatic nitrogens is 2. The molecule has 82 valence electrons. The molecule has 1 N–H and O–H groups in total. The van der Waals surface area contributed by atoms with Gasteiger partial charge in [-0.3, -0.25) is 4.79 Å². The van der Waals surface area contributed by atoms with Gasteiger partial charge in [-0.05, 0) is 26.0 Å². The fourth-order valence-electron chi connectivity index (χ4n) is 0.995. The molecule has 0 aromatic carbocycles. The van der Waals surface area contributed by atoms with Crippen LogP contribution in [0.4, 0.5) is 5.82 Å². The van der Waals surface area contributed by atoms with Gasteiger partial charge in [0, 0.05) is 20.1 Å². The van der Waals surface area contributed by atoms with Gasteiger partial charge in [0.25, 0.3) is 5.91 Å². The Kier molecular flexibility index (Phi) is 3.60. The van der Waals surface area contributed by atoms with E-state index in [0.29, 0.717) is 11.5 Å². The standard InChI is InChI=1S/C10H16N4O/c1-7(2)14(4)10(15)8-5-6-9(11-3)13-12-8/h5-7H,1-4H3,(H,11,13). The molecular formula is C10H16N4O. The summed E-state index contributed by atoms with van der Waals surface area (Å²) in [5.41, 5.74) is 0.366. The van der Waals surface area contributed by atoms with Crippen LogP contribution in [0.3, 0.4) is 0 Å². The van der Waals surface area contributed by atoms with Crippen LogP contribution >= 0.6 is 0 Å². The number of nitrogens with zero attached hydrogens (tertiary/aromatic N) is 3. The maximum absolute atomic E-state index is 11.8. The van der Waals surface area contributed by atoms with Crippen molar-refractivity contribution in [1.29, 1.82) is 0 Å². The largest absolute Gasteiger partial charge is 0.372 e. The topological polar surface area (TPSA) is 58.1 Å². The summed E-state index contributed by atoms with van der Waals surface area (Å²) in [6.45, 7) is 3.90. The Labute approximate surface area is 89.5 Å². The minimum absolute atomic E-state index is 0.111. The second-order valence-corrected chi connectivity index (χ2v) is 3.56. The molecule has 0 aliphatic heterocycles. The van der Waals surface area contributed by atoms with Gasteiger partial charge in [0.2, 0.25) is 0 Å². The fraction of sp³-hybridized carbons (Fsp3) is 0.500. The van der Waals surface area contributed by atoms with E-state index in [9.17, 15) is 4.79 Å². The van der Waals surface area contributed by atoms with E-state index >= 15 is 0 Å². The van der Waals surface area contributed by atoms with Crippen molar-refractivity contribution in [2.24, 2.45) is 0 Å². The number of carbonyl (C=O) groups is 1. The van der Waals surface area contributed by atoms with E-state index in [1.165, 1.54) is 0 Å². The van der Waals surface area contributed by atoms with Crippen molar-refractivity contribution < 1.29 is 4.79 Å². The molecule has 1 amide bonds. The van der Waals surface area contributed by atoms with Gasteiger partial charge in [0.05, 0.1) is 0 Å². The van der Waals surface area contributed by atoms with Gasteiger partial charge in [-0.25, -0.2) is 0 Å². The van der Waals surface area contributed by atoms with Gasteiger partial charge in [0.1, 0.15) is 5.82 Å². The third kappa shape index (κ3) is 2.65. The number of amides is 1. The van der Waals surface area contributed by atoms with Gasteiger partial charge in [0.15, 0.2) is 5.69 Å². The number of hydrogen-bond acceptors (Lipinski definition) is 4. The monoisotopic (exact) mass is 208 g/mol. The first kappa shape index (κ1) is 11.4. The predicted octanol–water partition coefficient (Wildman–Crippen LogP) is 0.999. The Morgan fingerprint density at radius 1 is 1.40 bits per heavy atom. The van der Waals surface area contributed by atoms with E-state index in [4.69, 9.17) is 0 Å². The average Bonchev–Trinajstić information content (AvgIpc) is 2.27. The van der Waals surface area contributed by atoms with Crippen LogP contribution < -0.4 is 5.32 Å². The number of rotatable bonds is 3. The lowest BCUT2D eigenvalue weighted by Gasteiger charge is -2.20. The molecule has 5 heteroatoms. The van der Waals surface area contributed by atoms with Gasteiger partial charge in [-0.15, -0.1) is 10.2 Å². The molecule has 0 saturated heterocycles. The summed E-state index contributed by atoms with van der Waals surface area (Å²) < 4.78 is 0. The van der Waals surface area contributed by atoms with Crippen LogP contribution in [0.15, 0.2) is 12.1 Å². The second-order valence-electron chi connectivity index (χ2n) is 3.56. The molecule has 0 fully saturated rings. The summed E-state index contributed by atoms with van der Waals surface area (Å²) in [6, 6.07) is 3.55. The lowest BCUT2D eigenvalue weighted by molar-refractivity contribution is 0.0748. The first-order chi connectivity index (χ1) is 7.06. The van der Waals surface area contributed by atoms with Crippen molar-refractivity contribution in [3.8, 4) is 0 Å². The lowest BCUT2D eigenvalue weighted by atomic mass is 10.3. The molecule has 0 unspecified atom stereocenters. The molecule has 0 spiro atoms. The lowest BCUT2D eigenvalue weighted by Crippen LogP contribution is -2.33. The molecule has 0 atom stereocenters. The smallest absolute Gasteiger partial charge is 0.274 e. The number of anilines is 1. The van der Waals surface area contributed by atoms with Crippen LogP contribution in [0.25, 0.3) is 0 Å². The van der Waals surface area contributed by atoms with Crippen molar-refractivity contribution in [3.63, 3.8) is 0 Å². The Bertz CT molecular complexity index is 334. The van der Waals surface area contributed by atoms with Crippen LogP contribution in [0.5, 0.6) is 0 Å². The van der Waals surface area contributed by atoms with Crippen molar-refractivity contribution >= 4 is 11.7 Å². The van der Waals surface area contributed by atoms with Crippen LogP contribution in [0, 0.1) is 0 Å². The Balaban J connectivity index is 2.83. The average molecular weight is 208 g/mol. The van der Waals surface area contributed by atoms with Gasteiger partial charge >= 0.3 is 0 Å². The molecule has 1 heterocycles. The SMILES string of the molecule is CNc1ccc(C(=O)N(C)C(C)C)nn1. The van der Waals surface area contributed by atoms with E-state index in [2.05, 4.69) is 15.5 Å². The first-order valence-electron chi connectivity index (χ1n) is 4.85. The maximum Gasteiger partial charge on any atom is 0.274 e. The second kappa shape index (κ2) is 4.72. The molecular weight excluding hydrogens is 192 g/mol. The van der Waals surface area contributed by atoms with E-state index in [-0.39, 0.29) is 11.9 Å². The van der Waals surface area contributed by atoms with Crippen LogP contribution in [0.1, 0.15) is 24.3 Å². The number of hydrogen-bond donors (Lipinski definition) is 1. The fourth-order valence-corrected chi connectivity index (χ4v) is 0.995.